The fraction of sp³-hybridized carbons (Fsp3) is 0.583. The van der Waals surface area contributed by atoms with Gasteiger partial charge in [0.05, 0.1) is 12.2 Å². The lowest BCUT2D eigenvalue weighted by molar-refractivity contribution is 0.508. The Kier molecular flexibility index (Phi) is 3.56. The quantitative estimate of drug-likeness (QED) is 0.872. The summed E-state index contributed by atoms with van der Waals surface area (Å²) in [5.41, 5.74) is 1.30. The van der Waals surface area contributed by atoms with E-state index in [1.54, 1.807) is 0 Å². The van der Waals surface area contributed by atoms with Crippen LogP contribution in [0.15, 0.2) is 0 Å². The molecule has 1 aliphatic heterocycles. The average molecular weight is 298 g/mol. The summed E-state index contributed by atoms with van der Waals surface area (Å²) < 4.78 is 2.21. The highest BCUT2D eigenvalue weighted by Gasteiger charge is 2.22. The highest BCUT2D eigenvalue weighted by atomic mass is 35.5. The molecule has 0 spiro atoms. The molecule has 0 atom stereocenters. The monoisotopic (exact) mass is 297 g/mol. The first kappa shape index (κ1) is 13.0. The number of hydrogen-bond donors (Lipinski definition) is 1. The molecule has 0 radical (unpaired) electrons. The van der Waals surface area contributed by atoms with Crippen LogP contribution in [0.3, 0.4) is 0 Å². The SMILES string of the molecule is C1CCc2sc(-c3nnc4n3CCNC4)nc2C1.Cl. The zero-order valence-electron chi connectivity index (χ0n) is 10.6. The van der Waals surface area contributed by atoms with E-state index in [0.29, 0.717) is 0 Å². The normalized spacial score (nSPS) is 17.5. The molecule has 2 aromatic heterocycles. The number of aromatic nitrogens is 4. The first-order valence-electron chi connectivity index (χ1n) is 6.53. The van der Waals surface area contributed by atoms with Crippen molar-refractivity contribution < 1.29 is 0 Å². The molecule has 0 fully saturated rings. The van der Waals surface area contributed by atoms with Crippen LogP contribution in [-0.4, -0.2) is 26.3 Å². The standard InChI is InChI=1S/C12H15N5S.ClH/c1-2-4-9-8(3-1)14-12(18-9)11-16-15-10-7-13-5-6-17(10)11;/h13H,1-7H2;1H. The Morgan fingerprint density at radius 3 is 2.95 bits per heavy atom. The summed E-state index contributed by atoms with van der Waals surface area (Å²) >= 11 is 1.81. The number of rotatable bonds is 1. The van der Waals surface area contributed by atoms with Crippen molar-refractivity contribution in [2.45, 2.75) is 38.8 Å². The largest absolute Gasteiger partial charge is 0.308 e. The number of halogens is 1. The first-order valence-corrected chi connectivity index (χ1v) is 7.35. The second-order valence-electron chi connectivity index (χ2n) is 4.86. The van der Waals surface area contributed by atoms with E-state index in [2.05, 4.69) is 20.1 Å². The molecule has 0 amide bonds. The number of aryl methyl sites for hydroxylation is 2. The van der Waals surface area contributed by atoms with E-state index in [4.69, 9.17) is 4.98 Å². The zero-order valence-corrected chi connectivity index (χ0v) is 12.2. The molecule has 0 aromatic carbocycles. The average Bonchev–Trinajstić information content (AvgIpc) is 3.02. The molecule has 1 N–H and O–H groups in total. The van der Waals surface area contributed by atoms with Crippen molar-refractivity contribution in [2.24, 2.45) is 0 Å². The van der Waals surface area contributed by atoms with Gasteiger partial charge in [-0.15, -0.1) is 33.9 Å². The Labute approximate surface area is 121 Å². The Balaban J connectivity index is 0.00000110. The highest BCUT2D eigenvalue weighted by Crippen LogP contribution is 2.32. The van der Waals surface area contributed by atoms with Gasteiger partial charge in [-0.25, -0.2) is 4.98 Å². The maximum Gasteiger partial charge on any atom is 0.193 e. The van der Waals surface area contributed by atoms with Gasteiger partial charge in [0.15, 0.2) is 10.8 Å². The zero-order chi connectivity index (χ0) is 11.9. The number of fused-ring (bicyclic) bond motifs is 2. The molecule has 0 saturated carbocycles. The van der Waals surface area contributed by atoms with Crippen LogP contribution < -0.4 is 5.32 Å². The van der Waals surface area contributed by atoms with Crippen molar-refractivity contribution in [1.82, 2.24) is 25.1 Å². The molecular formula is C12H16ClN5S. The minimum atomic E-state index is 0. The van der Waals surface area contributed by atoms with Gasteiger partial charge in [-0.3, -0.25) is 0 Å². The molecule has 7 heteroatoms. The number of hydrogen-bond acceptors (Lipinski definition) is 5. The molecule has 102 valence electrons. The van der Waals surface area contributed by atoms with Crippen molar-refractivity contribution in [2.75, 3.05) is 6.54 Å². The van der Waals surface area contributed by atoms with E-state index >= 15 is 0 Å². The lowest BCUT2D eigenvalue weighted by Gasteiger charge is -2.14. The summed E-state index contributed by atoms with van der Waals surface area (Å²) in [5, 5.41) is 13.0. The van der Waals surface area contributed by atoms with Crippen molar-refractivity contribution in [3.63, 3.8) is 0 Å². The van der Waals surface area contributed by atoms with Gasteiger partial charge in [-0.2, -0.15) is 0 Å². The molecule has 3 heterocycles. The van der Waals surface area contributed by atoms with Crippen molar-refractivity contribution >= 4 is 23.7 Å². The summed E-state index contributed by atoms with van der Waals surface area (Å²) in [6, 6.07) is 0. The molecule has 1 aliphatic carbocycles. The van der Waals surface area contributed by atoms with Crippen LogP contribution in [0.2, 0.25) is 0 Å². The second kappa shape index (κ2) is 5.19. The van der Waals surface area contributed by atoms with Crippen LogP contribution in [-0.2, 0) is 25.9 Å². The summed E-state index contributed by atoms with van der Waals surface area (Å²) in [4.78, 5) is 6.24. The third-order valence-electron chi connectivity index (χ3n) is 3.66. The van der Waals surface area contributed by atoms with E-state index in [9.17, 15) is 0 Å². The predicted octanol–water partition coefficient (Wildman–Crippen LogP) is 1.81. The van der Waals surface area contributed by atoms with Gasteiger partial charge in [0.1, 0.15) is 5.82 Å². The topological polar surface area (TPSA) is 55.6 Å². The highest BCUT2D eigenvalue weighted by molar-refractivity contribution is 7.15. The summed E-state index contributed by atoms with van der Waals surface area (Å²) in [5.74, 6) is 2.00. The van der Waals surface area contributed by atoms with Gasteiger partial charge < -0.3 is 9.88 Å². The van der Waals surface area contributed by atoms with E-state index in [1.807, 2.05) is 11.3 Å². The number of nitrogens with one attached hydrogen (secondary N) is 1. The molecule has 0 unspecified atom stereocenters. The summed E-state index contributed by atoms with van der Waals surface area (Å²) in [6.45, 7) is 2.75. The second-order valence-corrected chi connectivity index (χ2v) is 5.95. The Hall–Kier alpha value is -0.980. The molecule has 0 bridgehead atoms. The molecule has 2 aliphatic rings. The van der Waals surface area contributed by atoms with Crippen LogP contribution in [0.1, 0.15) is 29.2 Å². The Bertz CT molecular complexity index is 567. The lowest BCUT2D eigenvalue weighted by Crippen LogP contribution is -2.28. The predicted molar refractivity (Wildman–Crippen MR) is 76.7 cm³/mol. The van der Waals surface area contributed by atoms with Gasteiger partial charge in [0, 0.05) is 18.0 Å². The van der Waals surface area contributed by atoms with Crippen LogP contribution in [0.5, 0.6) is 0 Å². The fourth-order valence-corrected chi connectivity index (χ4v) is 3.84. The van der Waals surface area contributed by atoms with Crippen LogP contribution in [0.4, 0.5) is 0 Å². The third kappa shape index (κ3) is 2.17. The molecule has 2 aromatic rings. The maximum atomic E-state index is 4.78. The van der Waals surface area contributed by atoms with Gasteiger partial charge in [-0.05, 0) is 25.7 Å². The van der Waals surface area contributed by atoms with E-state index in [-0.39, 0.29) is 12.4 Å². The molecule has 19 heavy (non-hydrogen) atoms. The minimum absolute atomic E-state index is 0. The lowest BCUT2D eigenvalue weighted by atomic mass is 10.0. The van der Waals surface area contributed by atoms with E-state index < -0.39 is 0 Å². The fourth-order valence-electron chi connectivity index (χ4n) is 2.70. The van der Waals surface area contributed by atoms with Crippen LogP contribution in [0, 0.1) is 0 Å². The molecule has 5 nitrogen and oxygen atoms in total. The van der Waals surface area contributed by atoms with Crippen molar-refractivity contribution in [1.29, 1.82) is 0 Å². The minimum Gasteiger partial charge on any atom is -0.308 e. The Morgan fingerprint density at radius 2 is 2.05 bits per heavy atom. The molecule has 4 rings (SSSR count). The smallest absolute Gasteiger partial charge is 0.193 e. The number of nitrogens with zero attached hydrogens (tertiary/aromatic N) is 4. The van der Waals surface area contributed by atoms with Gasteiger partial charge >= 0.3 is 0 Å². The van der Waals surface area contributed by atoms with Crippen molar-refractivity contribution in [3.05, 3.63) is 16.4 Å². The summed E-state index contributed by atoms with van der Waals surface area (Å²) in [6.07, 6.45) is 4.90. The third-order valence-corrected chi connectivity index (χ3v) is 4.81. The summed E-state index contributed by atoms with van der Waals surface area (Å²) in [7, 11) is 0. The van der Waals surface area contributed by atoms with Crippen LogP contribution >= 0.6 is 23.7 Å². The van der Waals surface area contributed by atoms with Gasteiger partial charge in [0.25, 0.3) is 0 Å². The maximum absolute atomic E-state index is 4.78. The molecular weight excluding hydrogens is 282 g/mol. The molecule has 0 saturated heterocycles. The van der Waals surface area contributed by atoms with Crippen molar-refractivity contribution in [3.8, 4) is 10.8 Å². The van der Waals surface area contributed by atoms with E-state index in [1.165, 1.54) is 29.8 Å². The number of thiazole rings is 1. The van der Waals surface area contributed by atoms with E-state index in [0.717, 1.165) is 42.7 Å². The van der Waals surface area contributed by atoms with Gasteiger partial charge in [0.2, 0.25) is 0 Å². The first-order chi connectivity index (χ1) is 8.92. The van der Waals surface area contributed by atoms with Gasteiger partial charge in [-0.1, -0.05) is 0 Å². The Morgan fingerprint density at radius 1 is 1.16 bits per heavy atom. The van der Waals surface area contributed by atoms with Crippen LogP contribution in [0.25, 0.3) is 10.8 Å².